The normalized spacial score (nSPS) is 14.9. The maximum Gasteiger partial charge on any atom is 0.213 e. The molecule has 0 spiro atoms. The molecule has 2 rings (SSSR count). The van der Waals surface area contributed by atoms with Gasteiger partial charge in [-0.25, -0.2) is 4.98 Å². The van der Waals surface area contributed by atoms with Crippen LogP contribution in [0.3, 0.4) is 0 Å². The average molecular weight is 236 g/mol. The lowest BCUT2D eigenvalue weighted by Gasteiger charge is -2.09. The van der Waals surface area contributed by atoms with Gasteiger partial charge in [0.25, 0.3) is 0 Å². The van der Waals surface area contributed by atoms with Crippen LogP contribution >= 0.6 is 0 Å². The topological polar surface area (TPSA) is 43.4 Å². The summed E-state index contributed by atoms with van der Waals surface area (Å²) in [5.41, 5.74) is 2.23. The van der Waals surface area contributed by atoms with Crippen molar-refractivity contribution in [3.8, 4) is 5.88 Å². The fourth-order valence-electron chi connectivity index (χ4n) is 1.66. The molecule has 1 aliphatic carbocycles. The number of hydrogen-bond donors (Lipinski definition) is 1. The predicted molar refractivity (Wildman–Crippen MR) is 66.2 cm³/mol. The minimum Gasteiger partial charge on any atom is -0.475 e. The Morgan fingerprint density at radius 1 is 1.35 bits per heavy atom. The summed E-state index contributed by atoms with van der Waals surface area (Å²) in [6.07, 6.45) is 2.61. The Labute approximate surface area is 102 Å². The highest BCUT2D eigenvalue weighted by atomic mass is 16.5. The standard InChI is InChI=1S/C13H20N2O2/c1-10-7-11(9-14-12-3-4-12)8-13(15-10)17-6-5-16-2/h7-8,12,14H,3-6,9H2,1-2H3. The molecule has 0 aromatic carbocycles. The summed E-state index contributed by atoms with van der Waals surface area (Å²) in [4.78, 5) is 4.34. The number of pyridine rings is 1. The van der Waals surface area contributed by atoms with Crippen molar-refractivity contribution in [2.45, 2.75) is 32.4 Å². The number of aromatic nitrogens is 1. The van der Waals surface area contributed by atoms with E-state index in [-0.39, 0.29) is 0 Å². The Bertz CT molecular complexity index is 364. The molecule has 1 N–H and O–H groups in total. The van der Waals surface area contributed by atoms with Crippen molar-refractivity contribution in [1.29, 1.82) is 0 Å². The number of nitrogens with zero attached hydrogens (tertiary/aromatic N) is 1. The molecule has 0 unspecified atom stereocenters. The Kier molecular flexibility index (Phi) is 4.34. The van der Waals surface area contributed by atoms with E-state index in [0.29, 0.717) is 19.1 Å². The Morgan fingerprint density at radius 3 is 2.88 bits per heavy atom. The van der Waals surface area contributed by atoms with Crippen LogP contribution < -0.4 is 10.1 Å². The van der Waals surface area contributed by atoms with Gasteiger partial charge in [-0.15, -0.1) is 0 Å². The molecule has 0 bridgehead atoms. The molecule has 1 aromatic rings. The fraction of sp³-hybridized carbons (Fsp3) is 0.615. The number of ether oxygens (including phenoxy) is 2. The van der Waals surface area contributed by atoms with Crippen molar-refractivity contribution in [3.05, 3.63) is 23.4 Å². The second kappa shape index (κ2) is 5.98. The van der Waals surface area contributed by atoms with Crippen molar-refractivity contribution >= 4 is 0 Å². The summed E-state index contributed by atoms with van der Waals surface area (Å²) >= 11 is 0. The summed E-state index contributed by atoms with van der Waals surface area (Å²) in [5.74, 6) is 0.689. The van der Waals surface area contributed by atoms with E-state index < -0.39 is 0 Å². The van der Waals surface area contributed by atoms with Crippen molar-refractivity contribution < 1.29 is 9.47 Å². The summed E-state index contributed by atoms with van der Waals surface area (Å²) in [6, 6.07) is 4.82. The third-order valence-electron chi connectivity index (χ3n) is 2.70. The molecule has 4 nitrogen and oxygen atoms in total. The molecule has 94 valence electrons. The monoisotopic (exact) mass is 236 g/mol. The summed E-state index contributed by atoms with van der Waals surface area (Å²) in [6.45, 7) is 4.02. The zero-order valence-corrected chi connectivity index (χ0v) is 10.5. The minimum atomic E-state index is 0.544. The summed E-state index contributed by atoms with van der Waals surface area (Å²) in [7, 11) is 1.66. The molecule has 1 saturated carbocycles. The molecule has 0 amide bonds. The Morgan fingerprint density at radius 2 is 2.18 bits per heavy atom. The molecular weight excluding hydrogens is 216 g/mol. The van der Waals surface area contributed by atoms with Crippen molar-refractivity contribution in [1.82, 2.24) is 10.3 Å². The van der Waals surface area contributed by atoms with Crippen LogP contribution in [0.2, 0.25) is 0 Å². The molecule has 0 radical (unpaired) electrons. The predicted octanol–water partition coefficient (Wildman–Crippen LogP) is 1.67. The van der Waals surface area contributed by atoms with Crippen LogP contribution in [0.4, 0.5) is 0 Å². The van der Waals surface area contributed by atoms with Gasteiger partial charge < -0.3 is 14.8 Å². The smallest absolute Gasteiger partial charge is 0.213 e. The van der Waals surface area contributed by atoms with Crippen molar-refractivity contribution in [2.75, 3.05) is 20.3 Å². The van der Waals surface area contributed by atoms with Gasteiger partial charge >= 0.3 is 0 Å². The van der Waals surface area contributed by atoms with E-state index in [2.05, 4.69) is 16.4 Å². The fourth-order valence-corrected chi connectivity index (χ4v) is 1.66. The first kappa shape index (κ1) is 12.3. The molecule has 0 saturated heterocycles. The van der Waals surface area contributed by atoms with Crippen molar-refractivity contribution in [3.63, 3.8) is 0 Å². The van der Waals surface area contributed by atoms with E-state index >= 15 is 0 Å². The summed E-state index contributed by atoms with van der Waals surface area (Å²) in [5, 5.41) is 3.49. The van der Waals surface area contributed by atoms with Crippen LogP contribution in [-0.4, -0.2) is 31.3 Å². The third-order valence-corrected chi connectivity index (χ3v) is 2.70. The second-order valence-corrected chi connectivity index (χ2v) is 4.45. The number of hydrogen-bond acceptors (Lipinski definition) is 4. The molecule has 4 heteroatoms. The van der Waals surface area contributed by atoms with Crippen LogP contribution in [0.25, 0.3) is 0 Å². The van der Waals surface area contributed by atoms with Crippen LogP contribution in [0, 0.1) is 6.92 Å². The highest BCUT2D eigenvalue weighted by Crippen LogP contribution is 2.20. The third kappa shape index (κ3) is 4.32. The highest BCUT2D eigenvalue weighted by molar-refractivity contribution is 5.24. The lowest BCUT2D eigenvalue weighted by Crippen LogP contribution is -2.15. The van der Waals surface area contributed by atoms with E-state index in [4.69, 9.17) is 9.47 Å². The van der Waals surface area contributed by atoms with Crippen LogP contribution in [0.1, 0.15) is 24.1 Å². The minimum absolute atomic E-state index is 0.544. The molecule has 0 aliphatic heterocycles. The quantitative estimate of drug-likeness (QED) is 0.731. The van der Waals surface area contributed by atoms with Gasteiger partial charge in [0, 0.05) is 31.5 Å². The molecule has 1 heterocycles. The largest absolute Gasteiger partial charge is 0.475 e. The van der Waals surface area contributed by atoms with Crippen LogP contribution in [0.5, 0.6) is 5.88 Å². The molecule has 0 atom stereocenters. The zero-order valence-electron chi connectivity index (χ0n) is 10.5. The van der Waals surface area contributed by atoms with E-state index in [9.17, 15) is 0 Å². The molecule has 1 aromatic heterocycles. The van der Waals surface area contributed by atoms with Gasteiger partial charge in [-0.1, -0.05) is 0 Å². The number of aryl methyl sites for hydroxylation is 1. The average Bonchev–Trinajstić information content (AvgIpc) is 3.10. The highest BCUT2D eigenvalue weighted by Gasteiger charge is 2.20. The van der Waals surface area contributed by atoms with E-state index in [0.717, 1.165) is 18.3 Å². The molecule has 17 heavy (non-hydrogen) atoms. The van der Waals surface area contributed by atoms with E-state index in [1.54, 1.807) is 7.11 Å². The van der Waals surface area contributed by atoms with Gasteiger partial charge in [0.05, 0.1) is 6.61 Å². The lowest BCUT2D eigenvalue weighted by atomic mass is 10.2. The zero-order chi connectivity index (χ0) is 12.1. The van der Waals surface area contributed by atoms with Crippen molar-refractivity contribution in [2.24, 2.45) is 0 Å². The number of rotatable bonds is 7. The van der Waals surface area contributed by atoms with Gasteiger partial charge in [0.15, 0.2) is 0 Å². The molecule has 1 fully saturated rings. The molecular formula is C13H20N2O2. The van der Waals surface area contributed by atoms with Gasteiger partial charge in [0.2, 0.25) is 5.88 Å². The second-order valence-electron chi connectivity index (χ2n) is 4.45. The van der Waals surface area contributed by atoms with Gasteiger partial charge in [-0.05, 0) is 31.4 Å². The SMILES string of the molecule is COCCOc1cc(CNC2CC2)cc(C)n1. The first-order valence-corrected chi connectivity index (χ1v) is 6.10. The number of methoxy groups -OCH3 is 1. The summed E-state index contributed by atoms with van der Waals surface area (Å²) < 4.78 is 10.5. The van der Waals surface area contributed by atoms with E-state index in [1.807, 2.05) is 13.0 Å². The Balaban J connectivity index is 1.90. The maximum absolute atomic E-state index is 5.53. The van der Waals surface area contributed by atoms with Gasteiger partial charge in [-0.3, -0.25) is 0 Å². The number of nitrogens with one attached hydrogen (secondary N) is 1. The van der Waals surface area contributed by atoms with Gasteiger partial charge in [-0.2, -0.15) is 0 Å². The first-order chi connectivity index (χ1) is 8.28. The first-order valence-electron chi connectivity index (χ1n) is 6.10. The van der Waals surface area contributed by atoms with Gasteiger partial charge in [0.1, 0.15) is 6.61 Å². The van der Waals surface area contributed by atoms with Crippen LogP contribution in [-0.2, 0) is 11.3 Å². The van der Waals surface area contributed by atoms with Crippen LogP contribution in [0.15, 0.2) is 12.1 Å². The Hall–Kier alpha value is -1.13. The maximum atomic E-state index is 5.53. The molecule has 1 aliphatic rings. The lowest BCUT2D eigenvalue weighted by molar-refractivity contribution is 0.143. The van der Waals surface area contributed by atoms with E-state index in [1.165, 1.54) is 18.4 Å².